The number of primary amides is 1. The molecule has 4 N–H and O–H groups in total. The number of nitrogens with zero attached hydrogens (tertiary/aromatic N) is 1. The smallest absolute Gasteiger partial charge is 0.317 e. The molecule has 17 heavy (non-hydrogen) atoms. The van der Waals surface area contributed by atoms with E-state index in [2.05, 4.69) is 5.32 Å². The molecule has 1 rings (SSSR count). The number of hydrogen-bond donors (Lipinski definition) is 3. The third-order valence-corrected chi connectivity index (χ3v) is 2.58. The van der Waals surface area contributed by atoms with E-state index in [1.807, 2.05) is 0 Å². The van der Waals surface area contributed by atoms with E-state index in [-0.39, 0.29) is 25.5 Å². The minimum Gasteiger partial charge on any atom is -0.481 e. The molecule has 1 fully saturated rings. The fourth-order valence-electron chi connectivity index (χ4n) is 1.65. The Morgan fingerprint density at radius 2 is 1.94 bits per heavy atom. The fraction of sp³-hybridized carbons (Fsp3) is 0.700. The number of carboxylic acid groups (broad SMARTS) is 1. The number of rotatable bonds is 4. The van der Waals surface area contributed by atoms with E-state index < -0.39 is 23.3 Å². The summed E-state index contributed by atoms with van der Waals surface area (Å²) in [4.78, 5) is 34.4. The van der Waals surface area contributed by atoms with Crippen LogP contribution in [-0.2, 0) is 9.59 Å². The van der Waals surface area contributed by atoms with Crippen LogP contribution >= 0.6 is 0 Å². The lowest BCUT2D eigenvalue weighted by Gasteiger charge is -2.38. The molecule has 0 aromatic heterocycles. The highest BCUT2D eigenvalue weighted by Gasteiger charge is 2.37. The van der Waals surface area contributed by atoms with E-state index in [0.29, 0.717) is 0 Å². The first-order valence-corrected chi connectivity index (χ1v) is 5.29. The number of amides is 3. The van der Waals surface area contributed by atoms with Crippen LogP contribution in [0.3, 0.4) is 0 Å². The third-order valence-electron chi connectivity index (χ3n) is 2.58. The van der Waals surface area contributed by atoms with Gasteiger partial charge >= 0.3 is 12.0 Å². The molecule has 1 saturated heterocycles. The molecular formula is C10H17N3O4. The molecule has 0 aromatic rings. The van der Waals surface area contributed by atoms with Crippen LogP contribution in [-0.4, -0.2) is 46.5 Å². The number of hydrogen-bond acceptors (Lipinski definition) is 3. The first-order valence-electron chi connectivity index (χ1n) is 5.29. The molecule has 0 atom stereocenters. The molecule has 0 aliphatic carbocycles. The van der Waals surface area contributed by atoms with Gasteiger partial charge in [0.05, 0.1) is 5.92 Å². The highest BCUT2D eigenvalue weighted by Crippen LogP contribution is 2.17. The van der Waals surface area contributed by atoms with Crippen LogP contribution in [0.2, 0.25) is 0 Å². The Morgan fingerprint density at radius 3 is 2.35 bits per heavy atom. The zero-order valence-corrected chi connectivity index (χ0v) is 9.90. The number of carbonyl (C=O) groups is 3. The minimum atomic E-state index is -0.898. The standard InChI is InChI=1S/C10H17N3O4/c1-10(2,3-7(11)14)12-9(17)13-4-6(5-13)8(15)16/h6H,3-5H2,1-2H3,(H2,11,14)(H,12,17)(H,15,16). The second kappa shape index (κ2) is 4.60. The lowest BCUT2D eigenvalue weighted by Crippen LogP contribution is -2.59. The summed E-state index contributed by atoms with van der Waals surface area (Å²) in [5, 5.41) is 11.3. The molecule has 0 spiro atoms. The van der Waals surface area contributed by atoms with Gasteiger partial charge in [-0.1, -0.05) is 0 Å². The number of likely N-dealkylation sites (tertiary alicyclic amines) is 1. The highest BCUT2D eigenvalue weighted by atomic mass is 16.4. The quantitative estimate of drug-likeness (QED) is 0.609. The van der Waals surface area contributed by atoms with Gasteiger partial charge in [-0.3, -0.25) is 9.59 Å². The van der Waals surface area contributed by atoms with Crippen LogP contribution < -0.4 is 11.1 Å². The summed E-state index contributed by atoms with van der Waals surface area (Å²) < 4.78 is 0. The molecule has 0 saturated carbocycles. The van der Waals surface area contributed by atoms with Crippen molar-refractivity contribution < 1.29 is 19.5 Å². The number of carboxylic acids is 1. The predicted molar refractivity (Wildman–Crippen MR) is 59.1 cm³/mol. The van der Waals surface area contributed by atoms with Crippen molar-refractivity contribution in [1.29, 1.82) is 0 Å². The van der Waals surface area contributed by atoms with Crippen molar-refractivity contribution in [1.82, 2.24) is 10.2 Å². The van der Waals surface area contributed by atoms with Gasteiger partial charge in [-0.15, -0.1) is 0 Å². The number of urea groups is 1. The average molecular weight is 243 g/mol. The van der Waals surface area contributed by atoms with Crippen molar-refractivity contribution in [3.8, 4) is 0 Å². The molecule has 7 nitrogen and oxygen atoms in total. The van der Waals surface area contributed by atoms with Crippen molar-refractivity contribution in [3.63, 3.8) is 0 Å². The Balaban J connectivity index is 2.41. The number of nitrogens with one attached hydrogen (secondary N) is 1. The third kappa shape index (κ3) is 3.61. The maximum Gasteiger partial charge on any atom is 0.317 e. The Morgan fingerprint density at radius 1 is 1.41 bits per heavy atom. The summed E-state index contributed by atoms with van der Waals surface area (Å²) in [6.45, 7) is 3.77. The summed E-state index contributed by atoms with van der Waals surface area (Å²) in [6.07, 6.45) is 0.0366. The topological polar surface area (TPSA) is 113 Å². The maximum atomic E-state index is 11.7. The molecular weight excluding hydrogens is 226 g/mol. The van der Waals surface area contributed by atoms with Crippen molar-refractivity contribution in [3.05, 3.63) is 0 Å². The molecule has 0 bridgehead atoms. The summed E-state index contributed by atoms with van der Waals surface area (Å²) >= 11 is 0. The van der Waals surface area contributed by atoms with Gasteiger partial charge in [-0.05, 0) is 13.8 Å². The van der Waals surface area contributed by atoms with Gasteiger partial charge in [0.1, 0.15) is 0 Å². The van der Waals surface area contributed by atoms with Crippen LogP contribution in [0.5, 0.6) is 0 Å². The van der Waals surface area contributed by atoms with E-state index in [1.165, 1.54) is 4.90 Å². The van der Waals surface area contributed by atoms with Crippen LogP contribution in [0.1, 0.15) is 20.3 Å². The Labute approximate surface area is 98.9 Å². The molecule has 1 aliphatic rings. The number of aliphatic carboxylic acids is 1. The van der Waals surface area contributed by atoms with Crippen molar-refractivity contribution >= 4 is 17.9 Å². The van der Waals surface area contributed by atoms with Crippen molar-refractivity contribution in [2.45, 2.75) is 25.8 Å². The molecule has 7 heteroatoms. The monoisotopic (exact) mass is 243 g/mol. The molecule has 0 aromatic carbocycles. The van der Waals surface area contributed by atoms with Crippen LogP contribution in [0.25, 0.3) is 0 Å². The molecule has 3 amide bonds. The number of nitrogens with two attached hydrogens (primary N) is 1. The van der Waals surface area contributed by atoms with Gasteiger partial charge in [-0.2, -0.15) is 0 Å². The SMILES string of the molecule is CC(C)(CC(N)=O)NC(=O)N1CC(C(=O)O)C1. The Bertz CT molecular complexity index is 347. The summed E-state index contributed by atoms with van der Waals surface area (Å²) in [5.41, 5.74) is 4.33. The van der Waals surface area contributed by atoms with E-state index in [1.54, 1.807) is 13.8 Å². The second-order valence-corrected chi connectivity index (χ2v) is 4.90. The average Bonchev–Trinajstić information content (AvgIpc) is 1.94. The van der Waals surface area contributed by atoms with Gasteiger partial charge < -0.3 is 21.1 Å². The molecule has 1 heterocycles. The van der Waals surface area contributed by atoms with Crippen molar-refractivity contribution in [2.75, 3.05) is 13.1 Å². The van der Waals surface area contributed by atoms with Crippen LogP contribution in [0, 0.1) is 5.92 Å². The molecule has 0 radical (unpaired) electrons. The number of carbonyl (C=O) groups excluding carboxylic acids is 2. The first kappa shape index (κ1) is 13.3. The largest absolute Gasteiger partial charge is 0.481 e. The van der Waals surface area contributed by atoms with Crippen LogP contribution in [0.15, 0.2) is 0 Å². The lowest BCUT2D eigenvalue weighted by atomic mass is 9.99. The first-order chi connectivity index (χ1) is 7.71. The van der Waals surface area contributed by atoms with E-state index in [9.17, 15) is 14.4 Å². The summed E-state index contributed by atoms with van der Waals surface area (Å²) in [5.74, 6) is -1.88. The molecule has 96 valence electrons. The molecule has 1 aliphatic heterocycles. The predicted octanol–water partition coefficient (Wildman–Crippen LogP) is -0.634. The van der Waals surface area contributed by atoms with Gasteiger partial charge in [0.2, 0.25) is 5.91 Å². The van der Waals surface area contributed by atoms with E-state index in [4.69, 9.17) is 10.8 Å². The van der Waals surface area contributed by atoms with E-state index >= 15 is 0 Å². The normalized spacial score (nSPS) is 16.2. The van der Waals surface area contributed by atoms with E-state index in [0.717, 1.165) is 0 Å². The fourth-order valence-corrected chi connectivity index (χ4v) is 1.65. The lowest BCUT2D eigenvalue weighted by molar-refractivity contribution is -0.146. The van der Waals surface area contributed by atoms with Gasteiger partial charge in [0.15, 0.2) is 0 Å². The van der Waals surface area contributed by atoms with Gasteiger partial charge in [0.25, 0.3) is 0 Å². The highest BCUT2D eigenvalue weighted by molar-refractivity contribution is 5.81. The van der Waals surface area contributed by atoms with Crippen molar-refractivity contribution in [2.24, 2.45) is 11.7 Å². The minimum absolute atomic E-state index is 0.0366. The second-order valence-electron chi connectivity index (χ2n) is 4.90. The maximum absolute atomic E-state index is 11.7. The zero-order valence-electron chi connectivity index (χ0n) is 9.90. The zero-order chi connectivity index (χ0) is 13.2. The van der Waals surface area contributed by atoms with Gasteiger partial charge in [0, 0.05) is 25.0 Å². The molecule has 0 unspecified atom stereocenters. The van der Waals surface area contributed by atoms with Gasteiger partial charge in [-0.25, -0.2) is 4.79 Å². The Kier molecular flexibility index (Phi) is 3.59. The summed E-state index contributed by atoms with van der Waals surface area (Å²) in [7, 11) is 0. The Hall–Kier alpha value is -1.79. The van der Waals surface area contributed by atoms with Crippen LogP contribution in [0.4, 0.5) is 4.79 Å². The summed E-state index contributed by atoms with van der Waals surface area (Å²) in [6, 6.07) is -0.367.